The minimum atomic E-state index is 0.649. The molecule has 7 aromatic rings. The van der Waals surface area contributed by atoms with Crippen LogP contribution in [0.1, 0.15) is 0 Å². The summed E-state index contributed by atoms with van der Waals surface area (Å²) in [4.78, 5) is 12.5. The highest BCUT2D eigenvalue weighted by molar-refractivity contribution is 6.21. The van der Waals surface area contributed by atoms with Crippen LogP contribution in [0, 0.1) is 0 Å². The Morgan fingerprint density at radius 1 is 0.643 bits per heavy atom. The number of furan rings is 1. The average molecular weight is 542 g/mol. The predicted octanol–water partition coefficient (Wildman–Crippen LogP) is 10.3. The van der Waals surface area contributed by atoms with Crippen LogP contribution in [0.5, 0.6) is 0 Å². The van der Waals surface area contributed by atoms with Crippen molar-refractivity contribution in [3.8, 4) is 22.6 Å². The molecule has 2 aromatic heterocycles. The van der Waals surface area contributed by atoms with Crippen LogP contribution in [-0.4, -0.2) is 9.97 Å². The Balaban J connectivity index is 1.47. The summed E-state index contributed by atoms with van der Waals surface area (Å²) in [6, 6.07) is 41.0. The van der Waals surface area contributed by atoms with Crippen LogP contribution in [-0.2, 0) is 0 Å². The van der Waals surface area contributed by atoms with E-state index in [2.05, 4.69) is 66.6 Å². The molecule has 4 nitrogen and oxygen atoms in total. The Morgan fingerprint density at radius 2 is 1.36 bits per heavy atom. The molecule has 0 atom stereocenters. The number of aromatic nitrogens is 2. The van der Waals surface area contributed by atoms with Crippen LogP contribution < -0.4 is 4.90 Å². The Labute approximate surface area is 244 Å². The molecular formula is C38H27N3O. The summed E-state index contributed by atoms with van der Waals surface area (Å²) in [6.07, 6.45) is 5.56. The fraction of sp³-hybridized carbons (Fsp3) is 0. The zero-order valence-corrected chi connectivity index (χ0v) is 22.9. The largest absolute Gasteiger partial charge is 0.456 e. The SMILES string of the molecule is C=C/C=C(\C=C)N(c1ccccc1)c1cccc(-c2nc(-c3ccccc3)c3c(ccc4oc5ccccc5c43)n2)c1. The van der Waals surface area contributed by atoms with Crippen molar-refractivity contribution >= 4 is 44.2 Å². The Bertz CT molecular complexity index is 2130. The second-order valence-electron chi connectivity index (χ2n) is 9.95. The van der Waals surface area contributed by atoms with Gasteiger partial charge >= 0.3 is 0 Å². The van der Waals surface area contributed by atoms with Crippen molar-refractivity contribution in [1.29, 1.82) is 0 Å². The molecule has 0 radical (unpaired) electrons. The molecule has 0 N–H and O–H groups in total. The monoisotopic (exact) mass is 541 g/mol. The van der Waals surface area contributed by atoms with Gasteiger partial charge in [0.05, 0.1) is 11.2 Å². The molecule has 0 aliphatic carbocycles. The average Bonchev–Trinajstić information content (AvgIpc) is 3.44. The first kappa shape index (κ1) is 25.2. The number of fused-ring (bicyclic) bond motifs is 5. The summed E-state index contributed by atoms with van der Waals surface area (Å²) in [5.74, 6) is 0.649. The quantitative estimate of drug-likeness (QED) is 0.188. The van der Waals surface area contributed by atoms with Gasteiger partial charge in [-0.2, -0.15) is 0 Å². The van der Waals surface area contributed by atoms with Gasteiger partial charge in [0.1, 0.15) is 11.2 Å². The molecule has 0 aliphatic rings. The Kier molecular flexibility index (Phi) is 6.42. The van der Waals surface area contributed by atoms with Crippen LogP contribution in [0.4, 0.5) is 11.4 Å². The summed E-state index contributed by atoms with van der Waals surface area (Å²) in [6.45, 7) is 7.97. The van der Waals surface area contributed by atoms with Gasteiger partial charge in [-0.05, 0) is 54.6 Å². The lowest BCUT2D eigenvalue weighted by Crippen LogP contribution is -2.15. The van der Waals surface area contributed by atoms with Gasteiger partial charge in [-0.3, -0.25) is 0 Å². The van der Waals surface area contributed by atoms with E-state index in [1.54, 1.807) is 6.08 Å². The maximum absolute atomic E-state index is 6.22. The maximum atomic E-state index is 6.22. The van der Waals surface area contributed by atoms with Gasteiger partial charge < -0.3 is 9.32 Å². The van der Waals surface area contributed by atoms with Gasteiger partial charge in [0.25, 0.3) is 0 Å². The van der Waals surface area contributed by atoms with E-state index in [0.717, 1.165) is 66.7 Å². The zero-order chi connectivity index (χ0) is 28.5. The zero-order valence-electron chi connectivity index (χ0n) is 22.9. The number of anilines is 2. The topological polar surface area (TPSA) is 42.2 Å². The summed E-state index contributed by atoms with van der Waals surface area (Å²) >= 11 is 0. The number of para-hydroxylation sites is 2. The number of nitrogens with zero attached hydrogens (tertiary/aromatic N) is 3. The summed E-state index contributed by atoms with van der Waals surface area (Å²) in [5.41, 5.74) is 8.23. The highest BCUT2D eigenvalue weighted by Gasteiger charge is 2.19. The van der Waals surface area contributed by atoms with E-state index in [1.807, 2.05) is 84.9 Å². The van der Waals surface area contributed by atoms with E-state index in [1.165, 1.54) is 0 Å². The second-order valence-corrected chi connectivity index (χ2v) is 9.95. The normalized spacial score (nSPS) is 11.7. The van der Waals surface area contributed by atoms with Gasteiger partial charge in [-0.25, -0.2) is 9.97 Å². The van der Waals surface area contributed by atoms with Crippen molar-refractivity contribution < 1.29 is 4.42 Å². The third kappa shape index (κ3) is 4.36. The molecule has 200 valence electrons. The molecule has 5 aromatic carbocycles. The molecular weight excluding hydrogens is 514 g/mol. The Morgan fingerprint density at radius 3 is 2.14 bits per heavy atom. The van der Waals surface area contributed by atoms with E-state index in [4.69, 9.17) is 14.4 Å². The molecule has 2 heterocycles. The first-order chi connectivity index (χ1) is 20.7. The molecule has 0 fully saturated rings. The third-order valence-electron chi connectivity index (χ3n) is 7.38. The van der Waals surface area contributed by atoms with E-state index in [0.29, 0.717) is 5.82 Å². The lowest BCUT2D eigenvalue weighted by molar-refractivity contribution is 0.669. The summed E-state index contributed by atoms with van der Waals surface area (Å²) in [5, 5.41) is 3.07. The number of allylic oxidation sites excluding steroid dienone is 3. The third-order valence-corrected chi connectivity index (χ3v) is 7.38. The summed E-state index contributed by atoms with van der Waals surface area (Å²) < 4.78 is 6.22. The molecule has 4 heteroatoms. The van der Waals surface area contributed by atoms with E-state index < -0.39 is 0 Å². The van der Waals surface area contributed by atoms with Crippen LogP contribution in [0.25, 0.3) is 55.5 Å². The fourth-order valence-corrected chi connectivity index (χ4v) is 5.54. The highest BCUT2D eigenvalue weighted by Crippen LogP contribution is 2.40. The standard InChI is InChI=1S/C38H27N3O/c1-3-14-28(4-2)41(29-18-9-6-10-19-29)30-20-13-17-27(25-30)38-39-32-23-24-34-35(31-21-11-12-22-33(31)42-34)36(32)37(40-38)26-15-7-5-8-16-26/h3-25H,1-2H2/b28-14+. The maximum Gasteiger partial charge on any atom is 0.160 e. The summed E-state index contributed by atoms with van der Waals surface area (Å²) in [7, 11) is 0. The smallest absolute Gasteiger partial charge is 0.160 e. The van der Waals surface area contributed by atoms with Crippen LogP contribution >= 0.6 is 0 Å². The molecule has 0 bridgehead atoms. The minimum Gasteiger partial charge on any atom is -0.456 e. The van der Waals surface area contributed by atoms with Gasteiger partial charge in [0.15, 0.2) is 5.82 Å². The fourth-order valence-electron chi connectivity index (χ4n) is 5.54. The molecule has 7 rings (SSSR count). The molecule has 0 saturated carbocycles. The molecule has 0 aliphatic heterocycles. The minimum absolute atomic E-state index is 0.649. The lowest BCUT2D eigenvalue weighted by atomic mass is 10.0. The number of hydrogen-bond acceptors (Lipinski definition) is 4. The lowest BCUT2D eigenvalue weighted by Gasteiger charge is -2.26. The van der Waals surface area contributed by atoms with E-state index in [9.17, 15) is 0 Å². The second kappa shape index (κ2) is 10.7. The first-order valence-electron chi connectivity index (χ1n) is 13.8. The van der Waals surface area contributed by atoms with Gasteiger partial charge in [0.2, 0.25) is 0 Å². The van der Waals surface area contributed by atoms with Crippen LogP contribution in [0.3, 0.4) is 0 Å². The number of hydrogen-bond donors (Lipinski definition) is 0. The molecule has 0 unspecified atom stereocenters. The van der Waals surface area contributed by atoms with Crippen LogP contribution in [0.15, 0.2) is 163 Å². The van der Waals surface area contributed by atoms with Crippen molar-refractivity contribution in [3.05, 3.63) is 158 Å². The van der Waals surface area contributed by atoms with Crippen molar-refractivity contribution in [2.24, 2.45) is 0 Å². The van der Waals surface area contributed by atoms with Crippen molar-refractivity contribution in [2.45, 2.75) is 0 Å². The van der Waals surface area contributed by atoms with E-state index in [-0.39, 0.29) is 0 Å². The highest BCUT2D eigenvalue weighted by atomic mass is 16.3. The van der Waals surface area contributed by atoms with Crippen LogP contribution in [0.2, 0.25) is 0 Å². The van der Waals surface area contributed by atoms with Crippen molar-refractivity contribution in [2.75, 3.05) is 4.90 Å². The first-order valence-corrected chi connectivity index (χ1v) is 13.8. The van der Waals surface area contributed by atoms with Gasteiger partial charge in [-0.15, -0.1) is 0 Å². The molecule has 0 saturated heterocycles. The van der Waals surface area contributed by atoms with E-state index >= 15 is 0 Å². The number of benzene rings is 5. The molecule has 42 heavy (non-hydrogen) atoms. The molecule has 0 amide bonds. The van der Waals surface area contributed by atoms with Gasteiger partial charge in [-0.1, -0.05) is 98.1 Å². The van der Waals surface area contributed by atoms with Crippen molar-refractivity contribution in [3.63, 3.8) is 0 Å². The predicted molar refractivity (Wildman–Crippen MR) is 175 cm³/mol. The number of rotatable bonds is 7. The molecule has 0 spiro atoms. The Hall–Kier alpha value is -5.74. The van der Waals surface area contributed by atoms with Crippen molar-refractivity contribution in [1.82, 2.24) is 9.97 Å². The van der Waals surface area contributed by atoms with Gasteiger partial charge in [0, 0.05) is 44.4 Å².